The Morgan fingerprint density at radius 2 is 2.50 bits per heavy atom. The van der Waals surface area contributed by atoms with Gasteiger partial charge in [-0.3, -0.25) is 4.98 Å². The molecule has 2 amide bonds. The molecule has 0 fully saturated rings. The Morgan fingerprint density at radius 1 is 1.62 bits per heavy atom. The van der Waals surface area contributed by atoms with Crippen LogP contribution in [0.4, 0.5) is 4.79 Å². The maximum absolute atomic E-state index is 11.5. The molecule has 1 atom stereocenters. The van der Waals surface area contributed by atoms with Gasteiger partial charge in [-0.25, -0.2) is 4.79 Å². The third-order valence-corrected chi connectivity index (χ3v) is 2.85. The minimum atomic E-state index is -0.164. The first-order valence-corrected chi connectivity index (χ1v) is 5.89. The van der Waals surface area contributed by atoms with Crippen molar-refractivity contribution in [2.24, 2.45) is 0 Å². The number of rotatable bonds is 3. The second-order valence-corrected chi connectivity index (χ2v) is 4.10. The lowest BCUT2D eigenvalue weighted by Crippen LogP contribution is -2.38. The Morgan fingerprint density at radius 3 is 3.31 bits per heavy atom. The first-order valence-electron chi connectivity index (χ1n) is 5.35. The molecule has 0 aliphatic heterocycles. The number of aromatic nitrogens is 1. The zero-order valence-electron chi connectivity index (χ0n) is 8.87. The van der Waals surface area contributed by atoms with E-state index in [-0.39, 0.29) is 12.1 Å². The Kier molecular flexibility index (Phi) is 3.62. The molecular formula is C11H14ClN3O. The van der Waals surface area contributed by atoms with Crippen LogP contribution in [0, 0.1) is 0 Å². The summed E-state index contributed by atoms with van der Waals surface area (Å²) < 4.78 is 0. The Bertz CT molecular complexity index is 383. The smallest absolute Gasteiger partial charge is 0.315 e. The van der Waals surface area contributed by atoms with Crippen LogP contribution in [0.2, 0.25) is 0 Å². The molecule has 4 nitrogen and oxygen atoms in total. The molecule has 0 radical (unpaired) electrons. The highest BCUT2D eigenvalue weighted by Crippen LogP contribution is 2.28. The van der Waals surface area contributed by atoms with Crippen molar-refractivity contribution in [2.75, 3.05) is 12.4 Å². The lowest BCUT2D eigenvalue weighted by molar-refractivity contribution is 0.237. The van der Waals surface area contributed by atoms with Gasteiger partial charge in [0, 0.05) is 24.3 Å². The van der Waals surface area contributed by atoms with Gasteiger partial charge in [0.2, 0.25) is 0 Å². The molecule has 5 heteroatoms. The van der Waals surface area contributed by atoms with Crippen molar-refractivity contribution in [1.82, 2.24) is 15.6 Å². The van der Waals surface area contributed by atoms with Gasteiger partial charge in [0.05, 0.1) is 6.04 Å². The molecule has 0 spiro atoms. The van der Waals surface area contributed by atoms with Crippen LogP contribution in [0.1, 0.15) is 23.7 Å². The summed E-state index contributed by atoms with van der Waals surface area (Å²) in [4.78, 5) is 15.8. The molecule has 1 heterocycles. The van der Waals surface area contributed by atoms with Crippen molar-refractivity contribution in [3.63, 3.8) is 0 Å². The highest BCUT2D eigenvalue weighted by molar-refractivity contribution is 6.18. The highest BCUT2D eigenvalue weighted by atomic mass is 35.5. The number of carbonyl (C=O) groups is 1. The number of amides is 2. The highest BCUT2D eigenvalue weighted by Gasteiger charge is 2.24. The van der Waals surface area contributed by atoms with E-state index in [4.69, 9.17) is 11.6 Å². The molecule has 86 valence electrons. The van der Waals surface area contributed by atoms with Crippen LogP contribution in [-0.2, 0) is 6.42 Å². The Balaban J connectivity index is 1.95. The van der Waals surface area contributed by atoms with Gasteiger partial charge < -0.3 is 10.6 Å². The summed E-state index contributed by atoms with van der Waals surface area (Å²) in [6.45, 7) is 0.486. The van der Waals surface area contributed by atoms with E-state index in [1.807, 2.05) is 12.1 Å². The number of halogens is 1. The number of carbonyl (C=O) groups excluding carboxylic acids is 1. The summed E-state index contributed by atoms with van der Waals surface area (Å²) in [5.41, 5.74) is 2.22. The number of hydrogen-bond acceptors (Lipinski definition) is 2. The maximum Gasteiger partial charge on any atom is 0.315 e. The number of alkyl halides is 1. The van der Waals surface area contributed by atoms with Crippen LogP contribution < -0.4 is 10.6 Å². The first-order chi connectivity index (χ1) is 7.81. The van der Waals surface area contributed by atoms with Gasteiger partial charge in [0.15, 0.2) is 0 Å². The van der Waals surface area contributed by atoms with Gasteiger partial charge in [0.1, 0.15) is 0 Å². The fourth-order valence-electron chi connectivity index (χ4n) is 1.93. The van der Waals surface area contributed by atoms with Gasteiger partial charge in [-0.1, -0.05) is 6.07 Å². The fourth-order valence-corrected chi connectivity index (χ4v) is 2.03. The van der Waals surface area contributed by atoms with Crippen LogP contribution >= 0.6 is 11.6 Å². The number of fused-ring (bicyclic) bond motifs is 1. The summed E-state index contributed by atoms with van der Waals surface area (Å²) in [5.74, 6) is 0.427. The van der Waals surface area contributed by atoms with Gasteiger partial charge in [0.25, 0.3) is 0 Å². The number of pyridine rings is 1. The lowest BCUT2D eigenvalue weighted by Gasteiger charge is -2.13. The van der Waals surface area contributed by atoms with E-state index in [1.54, 1.807) is 6.20 Å². The van der Waals surface area contributed by atoms with Crippen molar-refractivity contribution < 1.29 is 4.79 Å². The van der Waals surface area contributed by atoms with Crippen molar-refractivity contribution in [1.29, 1.82) is 0 Å². The lowest BCUT2D eigenvalue weighted by atomic mass is 10.1. The largest absolute Gasteiger partial charge is 0.337 e. The number of nitrogens with one attached hydrogen (secondary N) is 2. The zero-order valence-corrected chi connectivity index (χ0v) is 9.63. The first kappa shape index (κ1) is 11.2. The number of hydrogen-bond donors (Lipinski definition) is 2. The van der Waals surface area contributed by atoms with Crippen LogP contribution in [0.25, 0.3) is 0 Å². The summed E-state index contributed by atoms with van der Waals surface area (Å²) in [5, 5.41) is 5.61. The van der Waals surface area contributed by atoms with E-state index in [0.717, 1.165) is 24.1 Å². The number of urea groups is 1. The normalized spacial score (nSPS) is 17.9. The minimum absolute atomic E-state index is 0.0824. The van der Waals surface area contributed by atoms with Crippen molar-refractivity contribution >= 4 is 17.6 Å². The average Bonchev–Trinajstić information content (AvgIpc) is 2.70. The summed E-state index contributed by atoms with van der Waals surface area (Å²) in [6, 6.07) is 3.83. The molecule has 2 rings (SSSR count). The Hall–Kier alpha value is -1.29. The summed E-state index contributed by atoms with van der Waals surface area (Å²) in [6.07, 6.45) is 3.63. The topological polar surface area (TPSA) is 54.0 Å². The predicted molar refractivity (Wildman–Crippen MR) is 62.6 cm³/mol. The molecule has 1 aliphatic rings. The molecule has 0 aromatic carbocycles. The van der Waals surface area contributed by atoms with Crippen LogP contribution in [0.3, 0.4) is 0 Å². The number of nitrogens with zero attached hydrogens (tertiary/aromatic N) is 1. The van der Waals surface area contributed by atoms with Crippen molar-refractivity contribution in [3.8, 4) is 0 Å². The minimum Gasteiger partial charge on any atom is -0.337 e. The molecule has 1 unspecified atom stereocenters. The third kappa shape index (κ3) is 2.44. The van der Waals surface area contributed by atoms with Gasteiger partial charge >= 0.3 is 6.03 Å². The van der Waals surface area contributed by atoms with Gasteiger partial charge in [-0.15, -0.1) is 11.6 Å². The van der Waals surface area contributed by atoms with Crippen molar-refractivity contribution in [2.45, 2.75) is 18.9 Å². The molecule has 16 heavy (non-hydrogen) atoms. The van der Waals surface area contributed by atoms with Gasteiger partial charge in [-0.05, 0) is 24.5 Å². The predicted octanol–water partition coefficient (Wildman–Crippen LogP) is 1.61. The molecule has 1 aromatic heterocycles. The molecule has 1 aliphatic carbocycles. The van der Waals surface area contributed by atoms with E-state index in [1.165, 1.54) is 0 Å². The fraction of sp³-hybridized carbons (Fsp3) is 0.455. The monoisotopic (exact) mass is 239 g/mol. The molecule has 1 aromatic rings. The van der Waals surface area contributed by atoms with Crippen molar-refractivity contribution in [3.05, 3.63) is 29.6 Å². The third-order valence-electron chi connectivity index (χ3n) is 2.66. The number of aryl methyl sites for hydroxylation is 1. The van der Waals surface area contributed by atoms with Crippen LogP contribution in [0.15, 0.2) is 18.3 Å². The Labute approximate surface area is 99.4 Å². The molecule has 0 saturated heterocycles. The average molecular weight is 240 g/mol. The second kappa shape index (κ2) is 5.16. The van der Waals surface area contributed by atoms with E-state index >= 15 is 0 Å². The van der Waals surface area contributed by atoms with Gasteiger partial charge in [-0.2, -0.15) is 0 Å². The molecular weight excluding hydrogens is 226 g/mol. The quantitative estimate of drug-likeness (QED) is 0.788. The molecule has 2 N–H and O–H groups in total. The summed E-state index contributed by atoms with van der Waals surface area (Å²) >= 11 is 5.49. The SMILES string of the molecule is O=C(NCCCl)NC1CCc2ncccc21. The maximum atomic E-state index is 11.5. The van der Waals surface area contributed by atoms with E-state index in [0.29, 0.717) is 12.4 Å². The zero-order chi connectivity index (χ0) is 11.4. The second-order valence-electron chi connectivity index (χ2n) is 3.72. The molecule has 0 saturated carbocycles. The summed E-state index contributed by atoms with van der Waals surface area (Å²) in [7, 11) is 0. The standard InChI is InChI=1S/C11H14ClN3O/c12-5-7-14-11(16)15-10-4-3-9-8(10)2-1-6-13-9/h1-2,6,10H,3-5,7H2,(H2,14,15,16). The molecule has 0 bridgehead atoms. The van der Waals surface area contributed by atoms with E-state index in [2.05, 4.69) is 15.6 Å². The van der Waals surface area contributed by atoms with Crippen LogP contribution in [-0.4, -0.2) is 23.4 Å². The van der Waals surface area contributed by atoms with E-state index < -0.39 is 0 Å². The van der Waals surface area contributed by atoms with E-state index in [9.17, 15) is 4.79 Å². The van der Waals surface area contributed by atoms with Crippen LogP contribution in [0.5, 0.6) is 0 Å².